The van der Waals surface area contributed by atoms with Gasteiger partial charge in [0.15, 0.2) is 0 Å². The molecular weight excluding hydrogens is 322 g/mol. The van der Waals surface area contributed by atoms with Crippen molar-refractivity contribution < 1.29 is 19.1 Å². The van der Waals surface area contributed by atoms with Crippen LogP contribution in [-0.4, -0.2) is 54.7 Å². The molecule has 1 amide bonds. The minimum Gasteiger partial charge on any atom is -0.451 e. The number of nitrogens with zero attached hydrogens (tertiary/aromatic N) is 3. The number of aromatic nitrogens is 1. The topological polar surface area (TPSA) is 72.0 Å². The number of anilines is 1. The van der Waals surface area contributed by atoms with Crippen molar-refractivity contribution >= 4 is 17.9 Å². The lowest BCUT2D eigenvalue weighted by atomic mass is 9.97. The molecule has 2 aliphatic heterocycles. The predicted molar refractivity (Wildman–Crippen MR) is 92.7 cm³/mol. The molecule has 2 aliphatic rings. The highest BCUT2D eigenvalue weighted by Gasteiger charge is 2.41. The van der Waals surface area contributed by atoms with E-state index in [0.29, 0.717) is 50.1 Å². The van der Waals surface area contributed by atoms with E-state index in [1.54, 1.807) is 11.1 Å². The molecule has 1 aromatic rings. The molecule has 0 N–H and O–H groups in total. The van der Waals surface area contributed by atoms with Gasteiger partial charge in [0.2, 0.25) is 0 Å². The number of piperazine rings is 1. The Labute approximate surface area is 147 Å². The monoisotopic (exact) mass is 347 g/mol. The summed E-state index contributed by atoms with van der Waals surface area (Å²) in [6.45, 7) is 10.5. The van der Waals surface area contributed by atoms with Gasteiger partial charge in [-0.3, -0.25) is 0 Å². The Morgan fingerprint density at radius 3 is 2.64 bits per heavy atom. The zero-order valence-electron chi connectivity index (χ0n) is 15.2. The summed E-state index contributed by atoms with van der Waals surface area (Å²) in [5.74, 6) is 0.626. The first-order valence-corrected chi connectivity index (χ1v) is 8.69. The summed E-state index contributed by atoms with van der Waals surface area (Å²) in [6.07, 6.45) is 1.43. The molecule has 0 atom stereocenters. The summed E-state index contributed by atoms with van der Waals surface area (Å²) < 4.78 is 10.8. The Kier molecular flexibility index (Phi) is 4.58. The first kappa shape index (κ1) is 17.5. The molecule has 1 saturated heterocycles. The molecule has 7 nitrogen and oxygen atoms in total. The van der Waals surface area contributed by atoms with E-state index in [-0.39, 0.29) is 12.1 Å². The van der Waals surface area contributed by atoms with Crippen molar-refractivity contribution in [1.82, 2.24) is 9.88 Å². The van der Waals surface area contributed by atoms with Crippen molar-refractivity contribution in [3.63, 3.8) is 0 Å². The SMILES string of the molecule is CC(C)COC(=O)N1CCN(c2nccc3c2C(=O)OC3(C)C)CC1. The number of fused-ring (bicyclic) bond motifs is 1. The lowest BCUT2D eigenvalue weighted by molar-refractivity contribution is 0.00954. The maximum Gasteiger partial charge on any atom is 0.409 e. The van der Waals surface area contributed by atoms with Crippen molar-refractivity contribution in [1.29, 1.82) is 0 Å². The Morgan fingerprint density at radius 1 is 1.32 bits per heavy atom. The van der Waals surface area contributed by atoms with Gasteiger partial charge < -0.3 is 19.3 Å². The van der Waals surface area contributed by atoms with Crippen LogP contribution in [0.2, 0.25) is 0 Å². The molecule has 136 valence electrons. The van der Waals surface area contributed by atoms with Crippen LogP contribution >= 0.6 is 0 Å². The molecule has 25 heavy (non-hydrogen) atoms. The van der Waals surface area contributed by atoms with E-state index >= 15 is 0 Å². The molecular formula is C18H25N3O4. The fraction of sp³-hybridized carbons (Fsp3) is 0.611. The van der Waals surface area contributed by atoms with E-state index < -0.39 is 5.60 Å². The lowest BCUT2D eigenvalue weighted by Gasteiger charge is -2.35. The predicted octanol–water partition coefficient (Wildman–Crippen LogP) is 2.40. The molecule has 0 radical (unpaired) electrons. The molecule has 3 rings (SSSR count). The minimum atomic E-state index is -0.632. The maximum absolute atomic E-state index is 12.3. The highest BCUT2D eigenvalue weighted by molar-refractivity contribution is 5.99. The highest BCUT2D eigenvalue weighted by Crippen LogP contribution is 2.39. The number of carbonyl (C=O) groups excluding carboxylic acids is 2. The maximum atomic E-state index is 12.3. The number of hydrogen-bond acceptors (Lipinski definition) is 6. The number of amides is 1. The van der Waals surface area contributed by atoms with Crippen molar-refractivity contribution in [2.24, 2.45) is 5.92 Å². The highest BCUT2D eigenvalue weighted by atomic mass is 16.6. The van der Waals surface area contributed by atoms with E-state index in [2.05, 4.69) is 4.98 Å². The van der Waals surface area contributed by atoms with Gasteiger partial charge in [0.1, 0.15) is 17.0 Å². The zero-order chi connectivity index (χ0) is 18.2. The third-order valence-electron chi connectivity index (χ3n) is 4.51. The van der Waals surface area contributed by atoms with Gasteiger partial charge in [-0.25, -0.2) is 14.6 Å². The smallest absolute Gasteiger partial charge is 0.409 e. The van der Waals surface area contributed by atoms with E-state index in [1.807, 2.05) is 38.7 Å². The van der Waals surface area contributed by atoms with Crippen LogP contribution in [0, 0.1) is 5.92 Å². The van der Waals surface area contributed by atoms with Crippen molar-refractivity contribution in [2.45, 2.75) is 33.3 Å². The summed E-state index contributed by atoms with van der Waals surface area (Å²) in [6, 6.07) is 1.84. The summed E-state index contributed by atoms with van der Waals surface area (Å²) >= 11 is 0. The Bertz CT molecular complexity index is 679. The summed E-state index contributed by atoms with van der Waals surface area (Å²) in [4.78, 5) is 32.5. The number of hydrogen-bond donors (Lipinski definition) is 0. The average molecular weight is 347 g/mol. The molecule has 0 aliphatic carbocycles. The van der Waals surface area contributed by atoms with Crippen molar-refractivity contribution in [3.05, 3.63) is 23.4 Å². The van der Waals surface area contributed by atoms with E-state index in [4.69, 9.17) is 9.47 Å². The van der Waals surface area contributed by atoms with Gasteiger partial charge in [0, 0.05) is 37.9 Å². The van der Waals surface area contributed by atoms with Crippen LogP contribution in [0.3, 0.4) is 0 Å². The first-order valence-electron chi connectivity index (χ1n) is 8.69. The normalized spacial score (nSPS) is 19.0. The third kappa shape index (κ3) is 3.41. The number of pyridine rings is 1. The van der Waals surface area contributed by atoms with E-state index in [0.717, 1.165) is 5.56 Å². The number of rotatable bonds is 3. The number of esters is 1. The van der Waals surface area contributed by atoms with Gasteiger partial charge >= 0.3 is 12.1 Å². The fourth-order valence-corrected chi connectivity index (χ4v) is 3.16. The van der Waals surface area contributed by atoms with Crippen LogP contribution < -0.4 is 4.90 Å². The van der Waals surface area contributed by atoms with Gasteiger partial charge in [-0.05, 0) is 25.8 Å². The Balaban J connectivity index is 1.70. The first-order chi connectivity index (χ1) is 11.8. The van der Waals surface area contributed by atoms with E-state index in [1.165, 1.54) is 0 Å². The molecule has 3 heterocycles. The van der Waals surface area contributed by atoms with Crippen molar-refractivity contribution in [3.8, 4) is 0 Å². The van der Waals surface area contributed by atoms with Crippen LogP contribution in [0.4, 0.5) is 10.6 Å². The van der Waals surface area contributed by atoms with Crippen LogP contribution in [0.5, 0.6) is 0 Å². The molecule has 1 aromatic heterocycles. The van der Waals surface area contributed by atoms with Gasteiger partial charge in [0.05, 0.1) is 6.61 Å². The van der Waals surface area contributed by atoms with Crippen LogP contribution in [0.25, 0.3) is 0 Å². The van der Waals surface area contributed by atoms with Crippen molar-refractivity contribution in [2.75, 3.05) is 37.7 Å². The van der Waals surface area contributed by atoms with Crippen LogP contribution in [-0.2, 0) is 15.1 Å². The van der Waals surface area contributed by atoms with Crippen LogP contribution in [0.1, 0.15) is 43.6 Å². The average Bonchev–Trinajstić information content (AvgIpc) is 2.82. The largest absolute Gasteiger partial charge is 0.451 e. The second kappa shape index (κ2) is 6.54. The van der Waals surface area contributed by atoms with Gasteiger partial charge in [-0.1, -0.05) is 13.8 Å². The Hall–Kier alpha value is -2.31. The second-order valence-electron chi connectivity index (χ2n) is 7.40. The standard InChI is InChI=1S/C18H25N3O4/c1-12(2)11-24-17(23)21-9-7-20(8-10-21)15-14-13(5-6-19-15)18(3,4)25-16(14)22/h5-6,12H,7-11H2,1-4H3. The number of cyclic esters (lactones) is 1. The zero-order valence-corrected chi connectivity index (χ0v) is 15.2. The second-order valence-corrected chi connectivity index (χ2v) is 7.40. The molecule has 0 aromatic carbocycles. The Morgan fingerprint density at radius 2 is 2.00 bits per heavy atom. The minimum absolute atomic E-state index is 0.278. The molecule has 7 heteroatoms. The van der Waals surface area contributed by atoms with Gasteiger partial charge in [-0.15, -0.1) is 0 Å². The quantitative estimate of drug-likeness (QED) is 0.782. The summed E-state index contributed by atoms with van der Waals surface area (Å²) in [5.41, 5.74) is 0.775. The molecule has 0 spiro atoms. The van der Waals surface area contributed by atoms with Gasteiger partial charge in [0.25, 0.3) is 0 Å². The fourth-order valence-electron chi connectivity index (χ4n) is 3.16. The molecule has 0 unspecified atom stereocenters. The number of ether oxygens (including phenoxy) is 2. The van der Waals surface area contributed by atoms with Crippen LogP contribution in [0.15, 0.2) is 12.3 Å². The van der Waals surface area contributed by atoms with E-state index in [9.17, 15) is 9.59 Å². The summed E-state index contributed by atoms with van der Waals surface area (Å²) in [7, 11) is 0. The van der Waals surface area contributed by atoms with Gasteiger partial charge in [-0.2, -0.15) is 0 Å². The number of carbonyl (C=O) groups is 2. The summed E-state index contributed by atoms with van der Waals surface area (Å²) in [5, 5.41) is 0. The third-order valence-corrected chi connectivity index (χ3v) is 4.51. The molecule has 0 bridgehead atoms. The molecule has 1 fully saturated rings. The lowest BCUT2D eigenvalue weighted by Crippen LogP contribution is -2.49. The molecule has 0 saturated carbocycles.